The first-order valence-electron chi connectivity index (χ1n) is 12.3. The molecule has 0 aliphatic heterocycles. The first kappa shape index (κ1) is 31.3. The van der Waals surface area contributed by atoms with Gasteiger partial charge in [-0.3, -0.25) is 0 Å². The fraction of sp³-hybridized carbons (Fsp3) is 0.880. The average Bonchev–Trinajstić information content (AvgIpc) is 2.72. The maximum Gasteiger partial charge on any atom is 0.330 e. The van der Waals surface area contributed by atoms with Gasteiger partial charge in [0.15, 0.2) is 0 Å². The van der Waals surface area contributed by atoms with Crippen molar-refractivity contribution in [2.75, 3.05) is 31.3 Å². The Hall–Kier alpha value is 0.120. The van der Waals surface area contributed by atoms with Gasteiger partial charge in [0.05, 0.1) is 24.6 Å². The monoisotopic (exact) mass is 492 g/mol. The minimum atomic E-state index is -0.921. The second kappa shape index (κ2) is 22.8. The summed E-state index contributed by atoms with van der Waals surface area (Å²) in [4.78, 5) is 11.2. The van der Waals surface area contributed by atoms with Gasteiger partial charge in [0.25, 0.3) is 0 Å². The van der Waals surface area contributed by atoms with Crippen molar-refractivity contribution in [1.29, 1.82) is 0 Å². The molecule has 0 radical (unpaired) electrons. The van der Waals surface area contributed by atoms with Gasteiger partial charge in [0.1, 0.15) is 6.61 Å². The van der Waals surface area contributed by atoms with Crippen LogP contribution in [0.3, 0.4) is 0 Å². The van der Waals surface area contributed by atoms with E-state index in [4.69, 9.17) is 4.74 Å². The van der Waals surface area contributed by atoms with E-state index in [0.29, 0.717) is 6.61 Å². The zero-order chi connectivity index (χ0) is 20.9. The van der Waals surface area contributed by atoms with E-state index in [1.165, 1.54) is 114 Å². The molecule has 2 nitrogen and oxygen atoms in total. The second-order valence-corrected chi connectivity index (χ2v) is 13.2. The summed E-state index contributed by atoms with van der Waals surface area (Å²) in [6.07, 6.45) is 26.2. The zero-order valence-electron chi connectivity index (χ0n) is 19.9. The van der Waals surface area contributed by atoms with Crippen molar-refractivity contribution >= 4 is 13.2 Å². The first-order valence-corrected chi connectivity index (χ1v) is 14.8. The van der Waals surface area contributed by atoms with Crippen LogP contribution in [0.15, 0.2) is 12.7 Å². The average molecular weight is 494 g/mol. The molecule has 4 heteroatoms. The fourth-order valence-corrected chi connectivity index (χ4v) is 7.32. The smallest absolute Gasteiger partial charge is 0.330 e. The van der Waals surface area contributed by atoms with Crippen molar-refractivity contribution in [3.05, 3.63) is 12.7 Å². The van der Waals surface area contributed by atoms with E-state index in [0.717, 1.165) is 6.16 Å². The highest BCUT2D eigenvalue weighted by molar-refractivity contribution is 7.75. The molecular formula is C25H50BrO2P. The van der Waals surface area contributed by atoms with Crippen molar-refractivity contribution in [2.24, 2.45) is 0 Å². The molecule has 0 aromatic carbocycles. The van der Waals surface area contributed by atoms with Gasteiger partial charge in [-0.15, -0.1) is 0 Å². The number of hydrogen-bond acceptors (Lipinski definition) is 2. The highest BCUT2D eigenvalue weighted by atomic mass is 79.9. The van der Waals surface area contributed by atoms with Gasteiger partial charge in [-0.2, -0.15) is 0 Å². The number of ether oxygens (including phenoxy) is 1. The summed E-state index contributed by atoms with van der Waals surface area (Å²) < 4.78 is 5.25. The molecule has 0 fully saturated rings. The summed E-state index contributed by atoms with van der Waals surface area (Å²) in [7, 11) is -0.921. The van der Waals surface area contributed by atoms with Crippen LogP contribution in [-0.4, -0.2) is 37.2 Å². The van der Waals surface area contributed by atoms with E-state index in [2.05, 4.69) is 27.4 Å². The lowest BCUT2D eigenvalue weighted by atomic mass is 10.0. The number of rotatable bonds is 21. The molecule has 29 heavy (non-hydrogen) atoms. The Bertz CT molecular complexity index is 370. The minimum absolute atomic E-state index is 0. The van der Waals surface area contributed by atoms with Gasteiger partial charge < -0.3 is 21.7 Å². The number of carbonyl (C=O) groups excluding carboxylic acids is 1. The van der Waals surface area contributed by atoms with E-state index in [1.807, 2.05) is 0 Å². The van der Waals surface area contributed by atoms with Gasteiger partial charge in [-0.1, -0.05) is 90.6 Å². The van der Waals surface area contributed by atoms with Crippen molar-refractivity contribution in [1.82, 2.24) is 0 Å². The lowest BCUT2D eigenvalue weighted by Crippen LogP contribution is -3.00. The Morgan fingerprint density at radius 3 is 1.52 bits per heavy atom. The highest BCUT2D eigenvalue weighted by Crippen LogP contribution is 2.58. The molecule has 0 spiro atoms. The van der Waals surface area contributed by atoms with E-state index in [-0.39, 0.29) is 23.0 Å². The van der Waals surface area contributed by atoms with E-state index in [9.17, 15) is 4.79 Å². The lowest BCUT2D eigenvalue weighted by molar-refractivity contribution is -0.137. The van der Waals surface area contributed by atoms with Crippen LogP contribution in [0.1, 0.15) is 111 Å². The largest absolute Gasteiger partial charge is 1.00 e. The van der Waals surface area contributed by atoms with Crippen LogP contribution in [0.25, 0.3) is 0 Å². The van der Waals surface area contributed by atoms with Gasteiger partial charge >= 0.3 is 5.97 Å². The molecule has 0 saturated carbocycles. The van der Waals surface area contributed by atoms with Gasteiger partial charge in [-0.05, 0) is 26.7 Å². The van der Waals surface area contributed by atoms with Gasteiger partial charge in [0.2, 0.25) is 0 Å². The summed E-state index contributed by atoms with van der Waals surface area (Å²) in [6.45, 7) is 11.0. The maximum absolute atomic E-state index is 11.2. The van der Waals surface area contributed by atoms with E-state index < -0.39 is 7.26 Å². The lowest BCUT2D eigenvalue weighted by Gasteiger charge is -2.25. The summed E-state index contributed by atoms with van der Waals surface area (Å²) in [5.41, 5.74) is 0. The molecule has 0 heterocycles. The molecule has 0 N–H and O–H groups in total. The third-order valence-corrected chi connectivity index (χ3v) is 11.4. The third kappa shape index (κ3) is 18.6. The summed E-state index contributed by atoms with van der Waals surface area (Å²) in [5.74, 6) is -0.276. The van der Waals surface area contributed by atoms with Crippen molar-refractivity contribution in [2.45, 2.75) is 111 Å². The summed E-state index contributed by atoms with van der Waals surface area (Å²) in [6, 6.07) is 0. The Balaban J connectivity index is 0. The molecule has 0 unspecified atom stereocenters. The molecule has 0 saturated heterocycles. The number of hydrogen-bond donors (Lipinski definition) is 0. The standard InChI is InChI=1S/C25H50O2P.BrH/c1-5-9-10-11-12-13-14-15-16-17-18-19-20-21-23-28(7-3,8-4)24-22-27-25(26)6-2;/h6H,2,5,7-24H2,1,3-4H3;1H/q+1;/p-1. The molecule has 0 atom stereocenters. The van der Waals surface area contributed by atoms with E-state index in [1.54, 1.807) is 0 Å². The summed E-state index contributed by atoms with van der Waals surface area (Å²) >= 11 is 0. The third-order valence-electron chi connectivity index (χ3n) is 6.30. The Labute approximate surface area is 194 Å². The Kier molecular flexibility index (Phi) is 24.6. The quantitative estimate of drug-likeness (QED) is 0.0944. The minimum Gasteiger partial charge on any atom is -1.00 e. The first-order chi connectivity index (χ1) is 13.6. The van der Waals surface area contributed by atoms with Gasteiger partial charge in [-0.25, -0.2) is 4.79 Å². The topological polar surface area (TPSA) is 26.3 Å². The summed E-state index contributed by atoms with van der Waals surface area (Å²) in [5, 5.41) is 0. The molecule has 0 bridgehead atoms. The Morgan fingerprint density at radius 2 is 1.14 bits per heavy atom. The number of halogens is 1. The maximum atomic E-state index is 11.2. The molecule has 0 aliphatic rings. The molecular weight excluding hydrogens is 443 g/mol. The SMILES string of the molecule is C=CC(=O)OCC[P+](CC)(CC)CCCCCCCCCCCCCCCC.[Br-]. The fourth-order valence-electron chi connectivity index (χ4n) is 4.01. The molecule has 0 aromatic heterocycles. The van der Waals surface area contributed by atoms with Crippen molar-refractivity contribution < 1.29 is 26.5 Å². The normalized spacial score (nSPS) is 11.1. The van der Waals surface area contributed by atoms with Crippen molar-refractivity contribution in [3.63, 3.8) is 0 Å². The van der Waals surface area contributed by atoms with Crippen LogP contribution in [0.4, 0.5) is 0 Å². The highest BCUT2D eigenvalue weighted by Gasteiger charge is 2.32. The number of unbranched alkanes of at least 4 members (excludes halogenated alkanes) is 13. The number of esters is 1. The second-order valence-electron chi connectivity index (χ2n) is 8.39. The molecule has 0 aromatic rings. The molecule has 0 amide bonds. The Morgan fingerprint density at radius 1 is 0.724 bits per heavy atom. The van der Waals surface area contributed by atoms with Gasteiger partial charge in [0, 0.05) is 13.3 Å². The van der Waals surface area contributed by atoms with Crippen LogP contribution in [0.5, 0.6) is 0 Å². The van der Waals surface area contributed by atoms with Crippen LogP contribution in [0, 0.1) is 0 Å². The predicted molar refractivity (Wildman–Crippen MR) is 129 cm³/mol. The predicted octanol–water partition coefficient (Wildman–Crippen LogP) is 5.26. The molecule has 0 aliphatic carbocycles. The van der Waals surface area contributed by atoms with Crippen molar-refractivity contribution in [3.8, 4) is 0 Å². The van der Waals surface area contributed by atoms with Crippen LogP contribution in [0.2, 0.25) is 0 Å². The van der Waals surface area contributed by atoms with Crippen LogP contribution in [-0.2, 0) is 9.53 Å². The zero-order valence-corrected chi connectivity index (χ0v) is 22.3. The van der Waals surface area contributed by atoms with Crippen LogP contribution < -0.4 is 17.0 Å². The number of carbonyl (C=O) groups is 1. The molecule has 174 valence electrons. The molecule has 0 rings (SSSR count). The van der Waals surface area contributed by atoms with E-state index >= 15 is 0 Å². The van der Waals surface area contributed by atoms with Crippen LogP contribution >= 0.6 is 7.26 Å².